The number of likely N-dealkylation sites (tertiary alicyclic amines) is 1. The van der Waals surface area contributed by atoms with Gasteiger partial charge in [0, 0.05) is 13.1 Å². The Morgan fingerprint density at radius 1 is 1.67 bits per heavy atom. The first-order valence-electron chi connectivity index (χ1n) is 3.14. The van der Waals surface area contributed by atoms with E-state index in [1.54, 1.807) is 11.8 Å². The number of hydrogen-bond acceptors (Lipinski definition) is 1. The molecule has 0 aromatic rings. The first-order chi connectivity index (χ1) is 4.22. The number of carbonyl (C=O) groups is 1. The summed E-state index contributed by atoms with van der Waals surface area (Å²) in [6, 6.07) is 0. The van der Waals surface area contributed by atoms with E-state index in [9.17, 15) is 4.79 Å². The number of halogens is 1. The molecule has 1 atom stereocenters. The van der Waals surface area contributed by atoms with E-state index in [1.165, 1.54) is 0 Å². The van der Waals surface area contributed by atoms with E-state index >= 15 is 0 Å². The Hall–Kier alpha value is -0.240. The van der Waals surface area contributed by atoms with Gasteiger partial charge in [0.1, 0.15) is 5.38 Å². The van der Waals surface area contributed by atoms with Gasteiger partial charge in [0.25, 0.3) is 0 Å². The van der Waals surface area contributed by atoms with Crippen molar-refractivity contribution < 1.29 is 4.79 Å². The van der Waals surface area contributed by atoms with Crippen LogP contribution < -0.4 is 0 Å². The molecule has 1 amide bonds. The van der Waals surface area contributed by atoms with Gasteiger partial charge in [-0.05, 0) is 13.3 Å². The summed E-state index contributed by atoms with van der Waals surface area (Å²) in [6.07, 6.45) is 1.13. The van der Waals surface area contributed by atoms with E-state index in [-0.39, 0.29) is 11.3 Å². The molecule has 0 aromatic heterocycles. The van der Waals surface area contributed by atoms with Gasteiger partial charge in [-0.3, -0.25) is 4.79 Å². The van der Waals surface area contributed by atoms with Crippen LogP contribution >= 0.6 is 11.6 Å². The Labute approximate surface area is 59.8 Å². The lowest BCUT2D eigenvalue weighted by Crippen LogP contribution is -2.45. The second kappa shape index (κ2) is 2.56. The molecule has 1 unspecified atom stereocenters. The lowest BCUT2D eigenvalue weighted by molar-refractivity contribution is -0.133. The predicted octanol–water partition coefficient (Wildman–Crippen LogP) is 0.846. The van der Waals surface area contributed by atoms with Crippen molar-refractivity contribution in [2.45, 2.75) is 18.7 Å². The highest BCUT2D eigenvalue weighted by atomic mass is 35.5. The van der Waals surface area contributed by atoms with Crippen LogP contribution in [0.15, 0.2) is 0 Å². The van der Waals surface area contributed by atoms with Gasteiger partial charge in [-0.2, -0.15) is 0 Å². The van der Waals surface area contributed by atoms with Gasteiger partial charge in [-0.25, -0.2) is 0 Å². The number of rotatable bonds is 1. The lowest BCUT2D eigenvalue weighted by Gasteiger charge is -2.31. The summed E-state index contributed by atoms with van der Waals surface area (Å²) >= 11 is 5.54. The Bertz CT molecular complexity index is 120. The Morgan fingerprint density at radius 2 is 2.22 bits per heavy atom. The molecule has 1 aliphatic rings. The highest BCUT2D eigenvalue weighted by molar-refractivity contribution is 6.30. The zero-order valence-corrected chi connectivity index (χ0v) is 6.19. The lowest BCUT2D eigenvalue weighted by atomic mass is 10.2. The summed E-state index contributed by atoms with van der Waals surface area (Å²) in [5, 5.41) is -0.342. The predicted molar refractivity (Wildman–Crippen MR) is 36.5 cm³/mol. The number of alkyl halides is 1. The molecule has 0 spiro atoms. The summed E-state index contributed by atoms with van der Waals surface area (Å²) in [6.45, 7) is 3.51. The van der Waals surface area contributed by atoms with E-state index in [4.69, 9.17) is 11.6 Å². The third kappa shape index (κ3) is 1.36. The highest BCUT2D eigenvalue weighted by Crippen LogP contribution is 2.09. The van der Waals surface area contributed by atoms with Crippen molar-refractivity contribution in [1.29, 1.82) is 0 Å². The maximum Gasteiger partial charge on any atom is 0.240 e. The van der Waals surface area contributed by atoms with E-state index in [1.807, 2.05) is 0 Å². The third-order valence-corrected chi connectivity index (χ3v) is 1.69. The van der Waals surface area contributed by atoms with Gasteiger partial charge in [-0.1, -0.05) is 0 Å². The molecule has 1 rings (SSSR count). The molecule has 1 fully saturated rings. The molecule has 0 aromatic carbocycles. The zero-order chi connectivity index (χ0) is 6.85. The van der Waals surface area contributed by atoms with Crippen molar-refractivity contribution in [2.24, 2.45) is 0 Å². The normalized spacial score (nSPS) is 20.9. The molecule has 52 valence electrons. The van der Waals surface area contributed by atoms with Crippen LogP contribution in [-0.2, 0) is 4.79 Å². The van der Waals surface area contributed by atoms with Crippen molar-refractivity contribution in [1.82, 2.24) is 4.90 Å². The van der Waals surface area contributed by atoms with Crippen molar-refractivity contribution in [3.63, 3.8) is 0 Å². The van der Waals surface area contributed by atoms with Gasteiger partial charge in [-0.15, -0.1) is 11.6 Å². The van der Waals surface area contributed by atoms with Gasteiger partial charge in [0.15, 0.2) is 0 Å². The minimum Gasteiger partial charge on any atom is -0.341 e. The van der Waals surface area contributed by atoms with Crippen molar-refractivity contribution in [3.05, 3.63) is 0 Å². The van der Waals surface area contributed by atoms with Gasteiger partial charge in [0.05, 0.1) is 0 Å². The summed E-state index contributed by atoms with van der Waals surface area (Å²) in [4.78, 5) is 12.7. The maximum atomic E-state index is 10.9. The number of hydrogen-bond donors (Lipinski definition) is 0. The van der Waals surface area contributed by atoms with Crippen molar-refractivity contribution in [3.8, 4) is 0 Å². The monoisotopic (exact) mass is 147 g/mol. The van der Waals surface area contributed by atoms with Gasteiger partial charge in [0.2, 0.25) is 5.91 Å². The smallest absolute Gasteiger partial charge is 0.240 e. The fraction of sp³-hybridized carbons (Fsp3) is 0.833. The number of carbonyl (C=O) groups excluding carboxylic acids is 1. The number of nitrogens with zero attached hydrogens (tertiary/aromatic N) is 1. The first kappa shape index (κ1) is 6.87. The molecule has 0 aliphatic carbocycles. The van der Waals surface area contributed by atoms with Crippen LogP contribution in [0.1, 0.15) is 13.3 Å². The molecule has 1 aliphatic heterocycles. The summed E-state index contributed by atoms with van der Waals surface area (Å²) in [5.74, 6) is 0.0721. The van der Waals surface area contributed by atoms with Crippen LogP contribution in [-0.4, -0.2) is 29.3 Å². The molecule has 0 saturated carbocycles. The molecule has 0 N–H and O–H groups in total. The highest BCUT2D eigenvalue weighted by Gasteiger charge is 2.22. The summed E-state index contributed by atoms with van der Waals surface area (Å²) < 4.78 is 0. The van der Waals surface area contributed by atoms with Gasteiger partial charge >= 0.3 is 0 Å². The fourth-order valence-electron chi connectivity index (χ4n) is 0.788. The quantitative estimate of drug-likeness (QED) is 0.504. The van der Waals surface area contributed by atoms with Crippen LogP contribution in [0.2, 0.25) is 0 Å². The Kier molecular flexibility index (Phi) is 1.96. The van der Waals surface area contributed by atoms with E-state index in [0.29, 0.717) is 0 Å². The average Bonchev–Trinajstić information content (AvgIpc) is 1.60. The van der Waals surface area contributed by atoms with Crippen LogP contribution in [0.4, 0.5) is 0 Å². The maximum absolute atomic E-state index is 10.9. The van der Waals surface area contributed by atoms with E-state index in [2.05, 4.69) is 0 Å². The van der Waals surface area contributed by atoms with E-state index < -0.39 is 0 Å². The minimum absolute atomic E-state index is 0.0721. The molecular formula is C6H10ClNO. The standard InChI is InChI=1S/C6H10ClNO/c1-5(7)6(9)8-3-2-4-8/h5H,2-4H2,1H3. The molecule has 0 bridgehead atoms. The summed E-state index contributed by atoms with van der Waals surface area (Å²) in [5.41, 5.74) is 0. The van der Waals surface area contributed by atoms with Crippen molar-refractivity contribution in [2.75, 3.05) is 13.1 Å². The average molecular weight is 148 g/mol. The second-order valence-corrected chi connectivity index (χ2v) is 2.95. The SMILES string of the molecule is CC(Cl)C(=O)N1CCC1. The van der Waals surface area contributed by atoms with Gasteiger partial charge < -0.3 is 4.90 Å². The summed E-state index contributed by atoms with van der Waals surface area (Å²) in [7, 11) is 0. The molecular weight excluding hydrogens is 138 g/mol. The first-order valence-corrected chi connectivity index (χ1v) is 3.58. The van der Waals surface area contributed by atoms with Crippen LogP contribution in [0.25, 0.3) is 0 Å². The molecule has 0 radical (unpaired) electrons. The Morgan fingerprint density at radius 3 is 2.33 bits per heavy atom. The van der Waals surface area contributed by atoms with Crippen LogP contribution in [0.5, 0.6) is 0 Å². The molecule has 2 nitrogen and oxygen atoms in total. The number of amides is 1. The van der Waals surface area contributed by atoms with Crippen molar-refractivity contribution >= 4 is 17.5 Å². The zero-order valence-electron chi connectivity index (χ0n) is 5.43. The molecule has 9 heavy (non-hydrogen) atoms. The topological polar surface area (TPSA) is 20.3 Å². The second-order valence-electron chi connectivity index (χ2n) is 2.29. The third-order valence-electron chi connectivity index (χ3n) is 1.51. The molecule has 1 heterocycles. The molecule has 3 heteroatoms. The van der Waals surface area contributed by atoms with Crippen LogP contribution in [0, 0.1) is 0 Å². The van der Waals surface area contributed by atoms with Crippen LogP contribution in [0.3, 0.4) is 0 Å². The molecule has 1 saturated heterocycles. The Balaban J connectivity index is 2.32. The largest absolute Gasteiger partial charge is 0.341 e. The van der Waals surface area contributed by atoms with E-state index in [0.717, 1.165) is 19.5 Å². The fourth-order valence-corrected chi connectivity index (χ4v) is 0.926. The minimum atomic E-state index is -0.342.